The zero-order chi connectivity index (χ0) is 25.9. The maximum absolute atomic E-state index is 14.8. The number of rotatable bonds is 10. The molecule has 1 atom stereocenters. The summed E-state index contributed by atoms with van der Waals surface area (Å²) in [5.74, 6) is -1.96. The number of ether oxygens (including phenoxy) is 3. The highest BCUT2D eigenvalue weighted by atomic mass is 28.3. The van der Waals surface area contributed by atoms with Crippen molar-refractivity contribution >= 4 is 30.8 Å². The van der Waals surface area contributed by atoms with E-state index in [1.165, 1.54) is 6.20 Å². The number of pyridine rings is 1. The molecule has 3 aromatic rings. The van der Waals surface area contributed by atoms with Gasteiger partial charge in [0, 0.05) is 56.9 Å². The molecule has 36 heavy (non-hydrogen) atoms. The first kappa shape index (κ1) is 26.1. The van der Waals surface area contributed by atoms with Gasteiger partial charge in [-0.05, 0) is 25.1 Å². The normalized spacial score (nSPS) is 14.9. The number of carbonyl (C=O) groups excluding carboxylic acids is 1. The Morgan fingerprint density at radius 1 is 1.25 bits per heavy atom. The molecule has 1 aliphatic rings. The van der Waals surface area contributed by atoms with Gasteiger partial charge in [-0.25, -0.2) is 18.6 Å². The summed E-state index contributed by atoms with van der Waals surface area (Å²) in [5, 5.41) is 5.81. The molecular formula is C25H32F2N4O4Si. The highest BCUT2D eigenvalue weighted by molar-refractivity contribution is 6.76. The van der Waals surface area contributed by atoms with E-state index >= 15 is 0 Å². The van der Waals surface area contributed by atoms with Crippen molar-refractivity contribution in [2.45, 2.75) is 45.4 Å². The van der Waals surface area contributed by atoms with E-state index in [1.807, 2.05) is 11.5 Å². The van der Waals surface area contributed by atoms with Gasteiger partial charge in [-0.3, -0.25) is 0 Å². The highest BCUT2D eigenvalue weighted by Crippen LogP contribution is 2.34. The number of nitrogens with one attached hydrogen (secondary N) is 2. The number of benzene rings is 1. The van der Waals surface area contributed by atoms with Crippen molar-refractivity contribution in [1.29, 1.82) is 0 Å². The molecule has 0 saturated carbocycles. The number of amides is 2. The molecule has 3 heterocycles. The summed E-state index contributed by atoms with van der Waals surface area (Å²) >= 11 is 0. The summed E-state index contributed by atoms with van der Waals surface area (Å²) in [7, 11) is -1.19. The smallest absolute Gasteiger partial charge is 0.319 e. The van der Waals surface area contributed by atoms with Crippen LogP contribution in [0.1, 0.15) is 6.92 Å². The van der Waals surface area contributed by atoms with Gasteiger partial charge in [-0.1, -0.05) is 19.6 Å². The molecular weight excluding hydrogens is 486 g/mol. The lowest BCUT2D eigenvalue weighted by molar-refractivity contribution is -0.0444. The Morgan fingerprint density at radius 2 is 1.97 bits per heavy atom. The van der Waals surface area contributed by atoms with Crippen LogP contribution in [0.5, 0.6) is 11.5 Å². The molecule has 1 aromatic carbocycles. The number of nitrogens with zero attached hydrogens (tertiary/aromatic N) is 2. The van der Waals surface area contributed by atoms with Gasteiger partial charge in [-0.15, -0.1) is 0 Å². The standard InChI is InChI=1S/C25H32F2N4O4Si/c1-16(17-13-34-14-17)29-25(32)30-18-11-20(26)23(21(27)12-18)35-22-5-7-28-24-19(22)6-8-31(24)15-33-9-10-36(2,3)4/h5-8,11-12,16-17H,9-10,13-15H2,1-4H3,(H2,29,30,32)/t16-/m1/s1. The van der Waals surface area contributed by atoms with Gasteiger partial charge >= 0.3 is 6.03 Å². The van der Waals surface area contributed by atoms with Crippen LogP contribution in [0.25, 0.3) is 11.0 Å². The van der Waals surface area contributed by atoms with Gasteiger partial charge in [0.15, 0.2) is 17.4 Å². The molecule has 1 saturated heterocycles. The predicted octanol–water partition coefficient (Wildman–Crippen LogP) is 5.58. The molecule has 2 aromatic heterocycles. The van der Waals surface area contributed by atoms with Crippen molar-refractivity contribution in [2.75, 3.05) is 25.1 Å². The summed E-state index contributed by atoms with van der Waals surface area (Å²) in [4.78, 5) is 16.6. The first-order chi connectivity index (χ1) is 17.1. The number of fused-ring (bicyclic) bond motifs is 1. The van der Waals surface area contributed by atoms with Crippen LogP contribution in [0, 0.1) is 17.6 Å². The highest BCUT2D eigenvalue weighted by Gasteiger charge is 2.26. The van der Waals surface area contributed by atoms with E-state index in [1.54, 1.807) is 18.3 Å². The van der Waals surface area contributed by atoms with Gasteiger partial charge in [0.2, 0.25) is 0 Å². The number of hydrogen-bond acceptors (Lipinski definition) is 5. The number of urea groups is 1. The summed E-state index contributed by atoms with van der Waals surface area (Å²) in [6.07, 6.45) is 3.31. The van der Waals surface area contributed by atoms with Crippen LogP contribution in [0.3, 0.4) is 0 Å². The first-order valence-electron chi connectivity index (χ1n) is 11.9. The third-order valence-electron chi connectivity index (χ3n) is 6.05. The van der Waals surface area contributed by atoms with Crippen LogP contribution in [0.4, 0.5) is 19.3 Å². The van der Waals surface area contributed by atoms with Gasteiger partial charge in [0.1, 0.15) is 18.1 Å². The molecule has 1 fully saturated rings. The van der Waals surface area contributed by atoms with Gasteiger partial charge in [-0.2, -0.15) is 0 Å². The third-order valence-corrected chi connectivity index (χ3v) is 7.75. The van der Waals surface area contributed by atoms with Crippen LogP contribution in [0.15, 0.2) is 36.7 Å². The lowest BCUT2D eigenvalue weighted by Gasteiger charge is -2.31. The van der Waals surface area contributed by atoms with Crippen LogP contribution in [0.2, 0.25) is 25.7 Å². The van der Waals surface area contributed by atoms with E-state index in [4.69, 9.17) is 14.2 Å². The molecule has 194 valence electrons. The fraction of sp³-hybridized carbons (Fsp3) is 0.440. The van der Waals surface area contributed by atoms with Crippen LogP contribution in [-0.4, -0.2) is 49.5 Å². The Labute approximate surface area is 209 Å². The summed E-state index contributed by atoms with van der Waals surface area (Å²) in [6.45, 7) is 10.9. The number of hydrogen-bond donors (Lipinski definition) is 2. The summed E-state index contributed by atoms with van der Waals surface area (Å²) in [6, 6.07) is 5.73. The quantitative estimate of drug-likeness (QED) is 0.271. The number of carbonyl (C=O) groups is 1. The van der Waals surface area contributed by atoms with Crippen molar-refractivity contribution < 1.29 is 27.8 Å². The Hall–Kier alpha value is -3.02. The third kappa shape index (κ3) is 6.39. The second-order valence-electron chi connectivity index (χ2n) is 10.2. The van der Waals surface area contributed by atoms with E-state index in [2.05, 4.69) is 35.3 Å². The van der Waals surface area contributed by atoms with Gasteiger partial charge in [0.05, 0.1) is 18.6 Å². The molecule has 11 heteroatoms. The molecule has 0 radical (unpaired) electrons. The molecule has 8 nitrogen and oxygen atoms in total. The number of aromatic nitrogens is 2. The fourth-order valence-electron chi connectivity index (χ4n) is 3.67. The van der Waals surface area contributed by atoms with Crippen molar-refractivity contribution in [3.05, 3.63) is 48.3 Å². The average molecular weight is 519 g/mol. The van der Waals surface area contributed by atoms with Crippen molar-refractivity contribution in [3.63, 3.8) is 0 Å². The molecule has 0 aliphatic carbocycles. The molecule has 0 bridgehead atoms. The van der Waals surface area contributed by atoms with Crippen molar-refractivity contribution in [3.8, 4) is 11.5 Å². The second-order valence-corrected chi connectivity index (χ2v) is 15.9. The van der Waals surface area contributed by atoms with E-state index in [0.717, 1.165) is 18.2 Å². The van der Waals surface area contributed by atoms with Crippen LogP contribution in [-0.2, 0) is 16.2 Å². The SMILES string of the molecule is C[C@@H](NC(=O)Nc1cc(F)c(Oc2ccnc3c2ccn3COCC[Si](C)(C)C)c(F)c1)C1COC1. The molecule has 2 amide bonds. The number of anilines is 1. The maximum atomic E-state index is 14.8. The Kier molecular flexibility index (Phi) is 7.91. The van der Waals surface area contributed by atoms with E-state index in [9.17, 15) is 13.6 Å². The summed E-state index contributed by atoms with van der Waals surface area (Å²) in [5.41, 5.74) is 0.565. The van der Waals surface area contributed by atoms with Crippen molar-refractivity contribution in [2.24, 2.45) is 5.92 Å². The van der Waals surface area contributed by atoms with E-state index < -0.39 is 31.5 Å². The second kappa shape index (κ2) is 10.9. The van der Waals surface area contributed by atoms with Crippen LogP contribution >= 0.6 is 0 Å². The molecule has 4 rings (SSSR count). The van der Waals surface area contributed by atoms with E-state index in [-0.39, 0.29) is 23.4 Å². The largest absolute Gasteiger partial charge is 0.450 e. The van der Waals surface area contributed by atoms with E-state index in [0.29, 0.717) is 37.6 Å². The Balaban J connectivity index is 1.43. The van der Waals surface area contributed by atoms with Crippen LogP contribution < -0.4 is 15.4 Å². The maximum Gasteiger partial charge on any atom is 0.319 e. The molecule has 0 spiro atoms. The lowest BCUT2D eigenvalue weighted by Crippen LogP contribution is -2.47. The molecule has 1 aliphatic heterocycles. The van der Waals surface area contributed by atoms with Gasteiger partial charge < -0.3 is 29.4 Å². The monoisotopic (exact) mass is 518 g/mol. The van der Waals surface area contributed by atoms with Gasteiger partial charge in [0.25, 0.3) is 0 Å². The summed E-state index contributed by atoms with van der Waals surface area (Å²) < 4.78 is 48.0. The minimum atomic E-state index is -1.19. The molecule has 2 N–H and O–H groups in total. The zero-order valence-corrected chi connectivity index (χ0v) is 21.9. The minimum Gasteiger partial charge on any atom is -0.450 e. The Morgan fingerprint density at radius 3 is 2.61 bits per heavy atom. The topological polar surface area (TPSA) is 86.6 Å². The fourth-order valence-corrected chi connectivity index (χ4v) is 4.43. The lowest BCUT2D eigenvalue weighted by atomic mass is 10.0. The number of halogens is 2. The predicted molar refractivity (Wildman–Crippen MR) is 136 cm³/mol. The van der Waals surface area contributed by atoms with Crippen molar-refractivity contribution in [1.82, 2.24) is 14.9 Å². The Bertz CT molecular complexity index is 1200. The zero-order valence-electron chi connectivity index (χ0n) is 20.9. The first-order valence-corrected chi connectivity index (χ1v) is 15.7. The average Bonchev–Trinajstić information content (AvgIpc) is 3.15. The molecule has 0 unspecified atom stereocenters. The minimum absolute atomic E-state index is 0.0200.